The second-order valence-corrected chi connectivity index (χ2v) is 4.71. The van der Waals surface area contributed by atoms with E-state index in [-0.39, 0.29) is 27.3 Å². The average Bonchev–Trinajstić information content (AvgIpc) is 2.28. The first-order valence-electron chi connectivity index (χ1n) is 4.55. The van der Waals surface area contributed by atoms with E-state index in [0.717, 1.165) is 0 Å². The number of Topliss-reactive ketones (excluding diaryl/α,β-unsaturated/α-hetero) is 1. The predicted octanol–water partition coefficient (Wildman–Crippen LogP) is 3.68. The highest BCUT2D eigenvalue weighted by molar-refractivity contribution is 9.09. The maximum absolute atomic E-state index is 11.6. The Morgan fingerprint density at radius 1 is 1.29 bits per heavy atom. The lowest BCUT2D eigenvalue weighted by atomic mass is 10.1. The summed E-state index contributed by atoms with van der Waals surface area (Å²) in [5.41, 5.74) is -0.494. The maximum Gasteiger partial charge on any atom is 0.347 e. The van der Waals surface area contributed by atoms with E-state index in [9.17, 15) is 9.59 Å². The van der Waals surface area contributed by atoms with Crippen LogP contribution in [-0.4, -0.2) is 11.1 Å². The molecule has 0 amide bonds. The summed E-state index contributed by atoms with van der Waals surface area (Å²) in [7, 11) is 0. The van der Waals surface area contributed by atoms with Gasteiger partial charge >= 0.3 is 5.63 Å². The number of carbonyl (C=O) groups excluding carboxylic acids is 1. The fourth-order valence-corrected chi connectivity index (χ4v) is 2.27. The van der Waals surface area contributed by atoms with Crippen LogP contribution in [0.4, 0.5) is 0 Å². The summed E-state index contributed by atoms with van der Waals surface area (Å²) in [5.74, 6) is -0.350. The van der Waals surface area contributed by atoms with E-state index in [1.54, 1.807) is 6.07 Å². The van der Waals surface area contributed by atoms with Crippen molar-refractivity contribution >= 4 is 55.9 Å². The summed E-state index contributed by atoms with van der Waals surface area (Å²) in [6.45, 7) is 0. The molecule has 1 aromatic heterocycles. The lowest BCUT2D eigenvalue weighted by Gasteiger charge is -2.02. The monoisotopic (exact) mass is 334 g/mol. The molecule has 0 unspecified atom stereocenters. The summed E-state index contributed by atoms with van der Waals surface area (Å²) in [5, 5.41) is 1.22. The van der Waals surface area contributed by atoms with Crippen LogP contribution in [0.2, 0.25) is 10.0 Å². The van der Waals surface area contributed by atoms with E-state index in [2.05, 4.69) is 15.9 Å². The first-order chi connectivity index (χ1) is 8.02. The van der Waals surface area contributed by atoms with Gasteiger partial charge in [0.1, 0.15) is 5.56 Å². The molecule has 0 saturated carbocycles. The van der Waals surface area contributed by atoms with E-state index in [0.29, 0.717) is 10.4 Å². The molecule has 1 aromatic carbocycles. The molecule has 3 nitrogen and oxygen atoms in total. The van der Waals surface area contributed by atoms with Crippen LogP contribution in [0.25, 0.3) is 11.0 Å². The Morgan fingerprint density at radius 3 is 2.65 bits per heavy atom. The largest absolute Gasteiger partial charge is 0.421 e. The summed E-state index contributed by atoms with van der Waals surface area (Å²) in [6, 6.07) is 4.49. The number of hydrogen-bond donors (Lipinski definition) is 0. The van der Waals surface area contributed by atoms with Crippen LogP contribution in [0, 0.1) is 0 Å². The highest BCUT2D eigenvalue weighted by Gasteiger charge is 2.14. The average molecular weight is 336 g/mol. The molecule has 0 aliphatic heterocycles. The number of ketones is 1. The van der Waals surface area contributed by atoms with Crippen molar-refractivity contribution < 1.29 is 9.21 Å². The minimum atomic E-state index is -0.703. The van der Waals surface area contributed by atoms with E-state index in [1.165, 1.54) is 12.1 Å². The van der Waals surface area contributed by atoms with Crippen molar-refractivity contribution in [3.63, 3.8) is 0 Å². The lowest BCUT2D eigenvalue weighted by molar-refractivity contribution is 0.102. The topological polar surface area (TPSA) is 47.3 Å². The van der Waals surface area contributed by atoms with Crippen molar-refractivity contribution in [2.24, 2.45) is 0 Å². The zero-order valence-electron chi connectivity index (χ0n) is 8.30. The normalized spacial score (nSPS) is 10.8. The van der Waals surface area contributed by atoms with Crippen molar-refractivity contribution in [1.82, 2.24) is 0 Å². The quantitative estimate of drug-likeness (QED) is 0.478. The van der Waals surface area contributed by atoms with Crippen LogP contribution in [0.3, 0.4) is 0 Å². The third-order valence-corrected chi connectivity index (χ3v) is 3.18. The zero-order chi connectivity index (χ0) is 12.6. The van der Waals surface area contributed by atoms with Crippen molar-refractivity contribution in [2.45, 2.75) is 0 Å². The molecule has 0 spiro atoms. The molecule has 2 rings (SSSR count). The fourth-order valence-electron chi connectivity index (χ4n) is 1.42. The molecule has 88 valence electrons. The minimum absolute atomic E-state index is 0.0206. The molecule has 0 atom stereocenters. The molecule has 1 heterocycles. The van der Waals surface area contributed by atoms with Gasteiger partial charge in [-0.1, -0.05) is 39.1 Å². The highest BCUT2D eigenvalue weighted by Crippen LogP contribution is 2.27. The first kappa shape index (κ1) is 12.6. The summed E-state index contributed by atoms with van der Waals surface area (Å²) >= 11 is 14.7. The molecule has 2 aromatic rings. The van der Waals surface area contributed by atoms with Crippen molar-refractivity contribution in [3.8, 4) is 0 Å². The van der Waals surface area contributed by atoms with Crippen molar-refractivity contribution in [2.75, 3.05) is 5.33 Å². The Kier molecular flexibility index (Phi) is 3.56. The van der Waals surface area contributed by atoms with Crippen molar-refractivity contribution in [3.05, 3.63) is 44.2 Å². The number of carbonyl (C=O) groups is 1. The zero-order valence-corrected chi connectivity index (χ0v) is 11.4. The minimum Gasteiger partial charge on any atom is -0.421 e. The first-order valence-corrected chi connectivity index (χ1v) is 6.42. The number of benzene rings is 1. The van der Waals surface area contributed by atoms with Gasteiger partial charge < -0.3 is 4.42 Å². The Morgan fingerprint density at radius 2 is 2.00 bits per heavy atom. The lowest BCUT2D eigenvalue weighted by Crippen LogP contribution is -2.14. The third-order valence-electron chi connectivity index (χ3n) is 2.17. The summed E-state index contributed by atoms with van der Waals surface area (Å²) < 4.78 is 5.01. The van der Waals surface area contributed by atoms with E-state index in [4.69, 9.17) is 27.6 Å². The second-order valence-electron chi connectivity index (χ2n) is 3.31. The molecule has 0 radical (unpaired) electrons. The number of halogens is 3. The van der Waals surface area contributed by atoms with Gasteiger partial charge in [0.2, 0.25) is 0 Å². The predicted molar refractivity (Wildman–Crippen MR) is 70.6 cm³/mol. The van der Waals surface area contributed by atoms with Crippen molar-refractivity contribution in [1.29, 1.82) is 0 Å². The Labute approximate surface area is 114 Å². The Balaban J connectivity index is 2.81. The molecule has 0 N–H and O–H groups in total. The van der Waals surface area contributed by atoms with Gasteiger partial charge in [-0.05, 0) is 18.2 Å². The molecule has 0 saturated heterocycles. The molecular weight excluding hydrogens is 331 g/mol. The standard InChI is InChI=1S/C11H5BrCl2O3/c12-4-9(15)7-2-5-1-6(13)3-8(14)10(5)17-11(7)16/h1-3H,4H2. The number of rotatable bonds is 2. The highest BCUT2D eigenvalue weighted by atomic mass is 79.9. The van der Waals surface area contributed by atoms with Gasteiger partial charge in [0.25, 0.3) is 0 Å². The smallest absolute Gasteiger partial charge is 0.347 e. The van der Waals surface area contributed by atoms with Crippen LogP contribution in [0.5, 0.6) is 0 Å². The van der Waals surface area contributed by atoms with Gasteiger partial charge in [-0.3, -0.25) is 4.79 Å². The van der Waals surface area contributed by atoms with Crippen LogP contribution < -0.4 is 5.63 Å². The van der Waals surface area contributed by atoms with Crippen LogP contribution in [0.15, 0.2) is 27.4 Å². The molecule has 0 fully saturated rings. The number of alkyl halides is 1. The number of hydrogen-bond acceptors (Lipinski definition) is 3. The van der Waals surface area contributed by atoms with E-state index in [1.807, 2.05) is 0 Å². The molecule has 6 heteroatoms. The van der Waals surface area contributed by atoms with Gasteiger partial charge in [-0.25, -0.2) is 4.79 Å². The van der Waals surface area contributed by atoms with Gasteiger partial charge in [-0.2, -0.15) is 0 Å². The molecule has 0 bridgehead atoms. The maximum atomic E-state index is 11.6. The van der Waals surface area contributed by atoms with Gasteiger partial charge in [0.05, 0.1) is 10.4 Å². The van der Waals surface area contributed by atoms with Gasteiger partial charge in [-0.15, -0.1) is 0 Å². The third kappa shape index (κ3) is 2.39. The Bertz CT molecular complexity index is 664. The Hall–Kier alpha value is -0.840. The van der Waals surface area contributed by atoms with Crippen LogP contribution >= 0.6 is 39.1 Å². The van der Waals surface area contributed by atoms with E-state index >= 15 is 0 Å². The molecule has 0 aliphatic carbocycles. The molecule has 17 heavy (non-hydrogen) atoms. The van der Waals surface area contributed by atoms with Gasteiger partial charge in [0, 0.05) is 10.4 Å². The summed E-state index contributed by atoms with van der Waals surface area (Å²) in [6.07, 6.45) is 0. The van der Waals surface area contributed by atoms with Crippen LogP contribution in [-0.2, 0) is 0 Å². The molecular formula is C11H5BrCl2O3. The SMILES string of the molecule is O=C(CBr)c1cc2cc(Cl)cc(Cl)c2oc1=O. The van der Waals surface area contributed by atoms with Gasteiger partial charge in [0.15, 0.2) is 11.4 Å². The second kappa shape index (κ2) is 4.80. The molecule has 0 aliphatic rings. The fraction of sp³-hybridized carbons (Fsp3) is 0.0909. The number of fused-ring (bicyclic) bond motifs is 1. The summed E-state index contributed by atoms with van der Waals surface area (Å²) in [4.78, 5) is 23.0. The van der Waals surface area contributed by atoms with Crippen LogP contribution in [0.1, 0.15) is 10.4 Å². The van der Waals surface area contributed by atoms with E-state index < -0.39 is 5.63 Å².